The first-order chi connectivity index (χ1) is 15.1. The summed E-state index contributed by atoms with van der Waals surface area (Å²) in [5, 5.41) is 0.536. The van der Waals surface area contributed by atoms with Crippen LogP contribution in [0.15, 0.2) is 30.6 Å². The van der Waals surface area contributed by atoms with Gasteiger partial charge in [-0.25, -0.2) is 13.8 Å². The van der Waals surface area contributed by atoms with Gasteiger partial charge in [-0.15, -0.1) is 0 Å². The van der Waals surface area contributed by atoms with Gasteiger partial charge in [-0.3, -0.25) is 9.52 Å². The van der Waals surface area contributed by atoms with Gasteiger partial charge >= 0.3 is 10.2 Å². The Morgan fingerprint density at radius 1 is 1.34 bits per heavy atom. The summed E-state index contributed by atoms with van der Waals surface area (Å²) in [5.74, 6) is -3.38. The number of pyridine rings is 1. The Balaban J connectivity index is 1.67. The van der Waals surface area contributed by atoms with E-state index in [0.717, 1.165) is 12.1 Å². The lowest BCUT2D eigenvalue weighted by atomic mass is 10.0. The van der Waals surface area contributed by atoms with Gasteiger partial charge in [-0.05, 0) is 38.7 Å². The van der Waals surface area contributed by atoms with Crippen molar-refractivity contribution in [3.05, 3.63) is 58.4 Å². The van der Waals surface area contributed by atoms with Crippen molar-refractivity contribution in [3.8, 4) is 0 Å². The number of fused-ring (bicyclic) bond motifs is 1. The molecular formula is C20H20ClF2N5O3S. The molecule has 1 aliphatic heterocycles. The van der Waals surface area contributed by atoms with Gasteiger partial charge in [0.25, 0.3) is 0 Å². The number of anilines is 1. The number of H-pyrrole nitrogens is 1. The Hall–Kier alpha value is -2.60. The quantitative estimate of drug-likeness (QED) is 0.525. The number of ketones is 1. The summed E-state index contributed by atoms with van der Waals surface area (Å²) >= 11 is 5.93. The second-order valence-electron chi connectivity index (χ2n) is 7.74. The molecule has 0 spiro atoms. The molecule has 32 heavy (non-hydrogen) atoms. The first-order valence-electron chi connectivity index (χ1n) is 9.68. The van der Waals surface area contributed by atoms with E-state index in [1.165, 1.54) is 22.8 Å². The van der Waals surface area contributed by atoms with Gasteiger partial charge in [0.1, 0.15) is 11.5 Å². The van der Waals surface area contributed by atoms with Gasteiger partial charge in [0, 0.05) is 42.5 Å². The smallest absolute Gasteiger partial charge is 0.301 e. The first-order valence-corrected chi connectivity index (χ1v) is 11.5. The molecule has 3 heterocycles. The number of nitrogens with one attached hydrogen (secondary N) is 2. The summed E-state index contributed by atoms with van der Waals surface area (Å²) in [6, 6.07) is 3.28. The predicted octanol–water partition coefficient (Wildman–Crippen LogP) is 3.02. The second-order valence-corrected chi connectivity index (χ2v) is 9.84. The Morgan fingerprint density at radius 3 is 2.78 bits per heavy atom. The molecule has 12 heteroatoms. The minimum atomic E-state index is -4.10. The minimum Gasteiger partial charge on any atom is -0.345 e. The molecule has 1 aliphatic rings. The molecular weight excluding hydrogens is 464 g/mol. The number of aromatic amines is 1. The molecule has 3 aromatic rings. The van der Waals surface area contributed by atoms with Crippen molar-refractivity contribution >= 4 is 44.3 Å². The maximum Gasteiger partial charge on any atom is 0.301 e. The van der Waals surface area contributed by atoms with Crippen LogP contribution in [-0.2, 0) is 10.2 Å². The molecule has 0 radical (unpaired) electrons. The molecule has 170 valence electrons. The van der Waals surface area contributed by atoms with Crippen molar-refractivity contribution in [2.24, 2.45) is 0 Å². The van der Waals surface area contributed by atoms with Crippen LogP contribution in [0, 0.1) is 11.6 Å². The van der Waals surface area contributed by atoms with E-state index >= 15 is 4.39 Å². The van der Waals surface area contributed by atoms with Crippen molar-refractivity contribution in [2.75, 3.05) is 31.9 Å². The molecule has 2 aromatic heterocycles. The SMILES string of the molecule is CN(C)C1CCN(S(=O)(=O)Nc2ccc(F)c(C(=O)c3c[nH]c4ncc(Cl)cc34)c2F)C1. The van der Waals surface area contributed by atoms with Crippen LogP contribution in [0.4, 0.5) is 14.5 Å². The van der Waals surface area contributed by atoms with Crippen LogP contribution in [-0.4, -0.2) is 66.6 Å². The predicted molar refractivity (Wildman–Crippen MR) is 117 cm³/mol. The number of nitrogens with zero attached hydrogens (tertiary/aromatic N) is 3. The molecule has 8 nitrogen and oxygen atoms in total. The minimum absolute atomic E-state index is 0.0316. The molecule has 1 saturated heterocycles. The zero-order valence-corrected chi connectivity index (χ0v) is 18.8. The van der Waals surface area contributed by atoms with E-state index in [2.05, 4.69) is 14.7 Å². The highest BCUT2D eigenvalue weighted by atomic mass is 35.5. The Kier molecular flexibility index (Phi) is 5.93. The molecule has 0 saturated carbocycles. The Morgan fingerprint density at radius 2 is 2.09 bits per heavy atom. The molecule has 2 N–H and O–H groups in total. The third-order valence-electron chi connectivity index (χ3n) is 5.50. The molecule has 1 aromatic carbocycles. The summed E-state index contributed by atoms with van der Waals surface area (Å²) < 4.78 is 58.6. The van der Waals surface area contributed by atoms with Gasteiger partial charge in [0.2, 0.25) is 5.78 Å². The van der Waals surface area contributed by atoms with Gasteiger partial charge in [0.05, 0.1) is 16.3 Å². The number of carbonyl (C=O) groups is 1. The Labute approximate surface area is 188 Å². The highest BCUT2D eigenvalue weighted by Crippen LogP contribution is 2.29. The summed E-state index contributed by atoms with van der Waals surface area (Å²) in [4.78, 5) is 21.7. The third kappa shape index (κ3) is 4.08. The fourth-order valence-electron chi connectivity index (χ4n) is 3.69. The fraction of sp³-hybridized carbons (Fsp3) is 0.300. The highest BCUT2D eigenvalue weighted by Gasteiger charge is 2.33. The lowest BCUT2D eigenvalue weighted by Crippen LogP contribution is -2.37. The van der Waals surface area contributed by atoms with Crippen LogP contribution in [0.5, 0.6) is 0 Å². The van der Waals surface area contributed by atoms with Crippen molar-refractivity contribution in [2.45, 2.75) is 12.5 Å². The van der Waals surface area contributed by atoms with E-state index in [-0.39, 0.29) is 29.7 Å². The van der Waals surface area contributed by atoms with Gasteiger partial charge < -0.3 is 9.88 Å². The third-order valence-corrected chi connectivity index (χ3v) is 7.19. The average molecular weight is 484 g/mol. The van der Waals surface area contributed by atoms with Crippen LogP contribution >= 0.6 is 11.6 Å². The van der Waals surface area contributed by atoms with Gasteiger partial charge in [0.15, 0.2) is 5.82 Å². The molecule has 0 aliphatic carbocycles. The van der Waals surface area contributed by atoms with Gasteiger partial charge in [-0.2, -0.15) is 12.7 Å². The topological polar surface area (TPSA) is 98.4 Å². The normalized spacial score (nSPS) is 17.4. The van der Waals surface area contributed by atoms with E-state index in [0.29, 0.717) is 17.5 Å². The Bertz CT molecular complexity index is 1310. The number of halogens is 3. The average Bonchev–Trinajstić information content (AvgIpc) is 3.38. The summed E-state index contributed by atoms with van der Waals surface area (Å²) in [5.41, 5.74) is -1.11. The van der Waals surface area contributed by atoms with Crippen molar-refractivity contribution < 1.29 is 22.0 Å². The van der Waals surface area contributed by atoms with Crippen LogP contribution in [0.3, 0.4) is 0 Å². The largest absolute Gasteiger partial charge is 0.345 e. The lowest BCUT2D eigenvalue weighted by Gasteiger charge is -2.21. The number of likely N-dealkylation sites (N-methyl/N-ethyl adjacent to an activating group) is 1. The monoisotopic (exact) mass is 483 g/mol. The summed E-state index contributed by atoms with van der Waals surface area (Å²) in [6.45, 7) is 0.496. The van der Waals surface area contributed by atoms with E-state index in [1.54, 1.807) is 0 Å². The number of carbonyl (C=O) groups excluding carboxylic acids is 1. The van der Waals surface area contributed by atoms with Crippen molar-refractivity contribution in [1.29, 1.82) is 0 Å². The van der Waals surface area contributed by atoms with E-state index in [4.69, 9.17) is 11.6 Å². The molecule has 1 atom stereocenters. The molecule has 1 unspecified atom stereocenters. The van der Waals surface area contributed by atoms with Crippen LogP contribution < -0.4 is 4.72 Å². The van der Waals surface area contributed by atoms with E-state index in [9.17, 15) is 17.6 Å². The van der Waals surface area contributed by atoms with Gasteiger partial charge in [-0.1, -0.05) is 11.6 Å². The zero-order chi connectivity index (χ0) is 23.2. The van der Waals surface area contributed by atoms with Crippen LogP contribution in [0.25, 0.3) is 11.0 Å². The van der Waals surface area contributed by atoms with Crippen molar-refractivity contribution in [3.63, 3.8) is 0 Å². The van der Waals surface area contributed by atoms with Crippen LogP contribution in [0.1, 0.15) is 22.3 Å². The second kappa shape index (κ2) is 8.39. The zero-order valence-electron chi connectivity index (χ0n) is 17.2. The van der Waals surface area contributed by atoms with E-state index in [1.807, 2.05) is 19.0 Å². The van der Waals surface area contributed by atoms with Crippen LogP contribution in [0.2, 0.25) is 5.02 Å². The maximum atomic E-state index is 15.2. The van der Waals surface area contributed by atoms with Crippen molar-refractivity contribution in [1.82, 2.24) is 19.2 Å². The number of hydrogen-bond acceptors (Lipinski definition) is 5. The number of rotatable bonds is 6. The molecule has 0 bridgehead atoms. The number of aromatic nitrogens is 2. The fourth-order valence-corrected chi connectivity index (χ4v) is 5.13. The summed E-state index contributed by atoms with van der Waals surface area (Å²) in [6.07, 6.45) is 3.27. The number of hydrogen-bond donors (Lipinski definition) is 2. The van der Waals surface area contributed by atoms with E-state index < -0.39 is 38.9 Å². The standard InChI is InChI=1S/C20H20ClF2N5O3S/c1-27(2)12-5-6-28(10-12)32(30,31)26-16-4-3-15(22)17(18(16)23)19(29)14-9-25-20-13(14)7-11(21)8-24-20/h3-4,7-9,12,26H,5-6,10H2,1-2H3,(H,24,25). The maximum absolute atomic E-state index is 15.2. The molecule has 1 fully saturated rings. The number of benzene rings is 1. The lowest BCUT2D eigenvalue weighted by molar-refractivity contribution is 0.103. The highest BCUT2D eigenvalue weighted by molar-refractivity contribution is 7.90. The molecule has 4 rings (SSSR count). The first kappa shape index (κ1) is 22.6. The molecule has 0 amide bonds. The summed E-state index contributed by atoms with van der Waals surface area (Å²) in [7, 11) is -0.409.